The Balaban J connectivity index is 1.30. The molecule has 0 saturated heterocycles. The number of carbonyl (C=O) groups is 1. The van der Waals surface area contributed by atoms with Crippen LogP contribution in [-0.4, -0.2) is 34.3 Å². The van der Waals surface area contributed by atoms with Crippen molar-refractivity contribution in [1.29, 1.82) is 0 Å². The number of aryl methyl sites for hydroxylation is 1. The lowest BCUT2D eigenvalue weighted by Gasteiger charge is -2.08. The van der Waals surface area contributed by atoms with Gasteiger partial charge in [0.05, 0.1) is 26.9 Å². The van der Waals surface area contributed by atoms with Crippen LogP contribution in [0.25, 0.3) is 21.8 Å². The molecule has 0 fully saturated rings. The summed E-state index contributed by atoms with van der Waals surface area (Å²) in [7, 11) is -3.96. The predicted octanol–water partition coefficient (Wildman–Crippen LogP) is 4.67. The summed E-state index contributed by atoms with van der Waals surface area (Å²) in [5.74, 6) is -0.710. The van der Waals surface area contributed by atoms with Gasteiger partial charge in [-0.3, -0.25) is 4.79 Å². The lowest BCUT2D eigenvalue weighted by Crippen LogP contribution is -2.30. The van der Waals surface area contributed by atoms with Crippen LogP contribution in [0, 0.1) is 6.92 Å². The minimum absolute atomic E-state index is 0.0208. The van der Waals surface area contributed by atoms with Crippen LogP contribution in [0.2, 0.25) is 0 Å². The van der Waals surface area contributed by atoms with E-state index in [2.05, 4.69) is 19.7 Å². The molecule has 38 heavy (non-hydrogen) atoms. The number of nitrogens with one attached hydrogen (secondary N) is 1. The zero-order chi connectivity index (χ0) is 26.5. The first-order chi connectivity index (χ1) is 18.4. The molecule has 3 heterocycles. The summed E-state index contributed by atoms with van der Waals surface area (Å²) in [5, 5.41) is 0.776. The molecule has 1 amide bonds. The van der Waals surface area contributed by atoms with Gasteiger partial charge in [-0.15, -0.1) is 11.3 Å². The van der Waals surface area contributed by atoms with Crippen LogP contribution in [0.3, 0.4) is 0 Å². The third kappa shape index (κ3) is 5.74. The number of hydrogen-bond donors (Lipinski definition) is 1. The molecule has 0 unspecified atom stereocenters. The van der Waals surface area contributed by atoms with Gasteiger partial charge in [-0.2, -0.15) is 0 Å². The Morgan fingerprint density at radius 2 is 1.58 bits per heavy atom. The lowest BCUT2D eigenvalue weighted by molar-refractivity contribution is 0.0981. The molecule has 1 N–H and O–H groups in total. The van der Waals surface area contributed by atoms with Gasteiger partial charge < -0.3 is 4.74 Å². The van der Waals surface area contributed by atoms with Crippen molar-refractivity contribution in [3.8, 4) is 27.8 Å². The molecular weight excluding hydrogens is 522 g/mol. The van der Waals surface area contributed by atoms with Gasteiger partial charge in [0.2, 0.25) is 0 Å². The first-order valence-electron chi connectivity index (χ1n) is 11.5. The summed E-state index contributed by atoms with van der Waals surface area (Å²) in [6, 6.07) is 22.0. The van der Waals surface area contributed by atoms with Crippen molar-refractivity contribution < 1.29 is 17.9 Å². The van der Waals surface area contributed by atoms with Crippen LogP contribution in [0.1, 0.15) is 21.1 Å². The summed E-state index contributed by atoms with van der Waals surface area (Å²) in [4.78, 5) is 31.0. The third-order valence-electron chi connectivity index (χ3n) is 5.41. The largest absolute Gasteiger partial charge is 0.456 e. The van der Waals surface area contributed by atoms with E-state index in [0.717, 1.165) is 26.8 Å². The van der Waals surface area contributed by atoms with Gasteiger partial charge in [-0.05, 0) is 49.4 Å². The molecule has 0 bridgehead atoms. The fraction of sp³-hybridized carbons (Fsp3) is 0.0741. The highest BCUT2D eigenvalue weighted by Gasteiger charge is 2.18. The fourth-order valence-corrected chi connectivity index (χ4v) is 5.53. The van der Waals surface area contributed by atoms with E-state index >= 15 is 0 Å². The number of carbonyl (C=O) groups excluding carboxylic acids is 1. The molecule has 0 aliphatic carbocycles. The Morgan fingerprint density at radius 1 is 0.868 bits per heavy atom. The Morgan fingerprint density at radius 3 is 2.32 bits per heavy atom. The quantitative estimate of drug-likeness (QED) is 0.299. The smallest absolute Gasteiger partial charge is 0.316 e. The maximum absolute atomic E-state index is 12.6. The van der Waals surface area contributed by atoms with Gasteiger partial charge in [0.15, 0.2) is 0 Å². The maximum Gasteiger partial charge on any atom is 0.316 e. The second-order valence-electron chi connectivity index (χ2n) is 8.08. The summed E-state index contributed by atoms with van der Waals surface area (Å²) in [6.45, 7) is 2.17. The molecule has 0 aliphatic rings. The number of ether oxygens (including phenoxy) is 1. The van der Waals surface area contributed by atoms with Crippen molar-refractivity contribution >= 4 is 27.3 Å². The van der Waals surface area contributed by atoms with Gasteiger partial charge >= 0.3 is 6.01 Å². The van der Waals surface area contributed by atoms with Gasteiger partial charge in [-0.25, -0.2) is 33.1 Å². The first kappa shape index (κ1) is 25.2. The number of benzene rings is 2. The number of thiazole rings is 1. The van der Waals surface area contributed by atoms with Crippen molar-refractivity contribution in [3.05, 3.63) is 108 Å². The Kier molecular flexibility index (Phi) is 7.20. The monoisotopic (exact) mass is 543 g/mol. The molecular formula is C27H21N5O4S2. The number of hydrogen-bond acceptors (Lipinski definition) is 9. The summed E-state index contributed by atoms with van der Waals surface area (Å²) in [6.07, 6.45) is 3.23. The highest BCUT2D eigenvalue weighted by Crippen LogP contribution is 2.31. The molecule has 3 aromatic heterocycles. The first-order valence-corrected chi connectivity index (χ1v) is 13.8. The Labute approximate surface area is 223 Å². The van der Waals surface area contributed by atoms with Crippen molar-refractivity contribution in [2.24, 2.45) is 0 Å². The van der Waals surface area contributed by atoms with Crippen LogP contribution in [0.4, 0.5) is 0 Å². The minimum atomic E-state index is -3.96. The number of amides is 1. The lowest BCUT2D eigenvalue weighted by atomic mass is 10.1. The number of aromatic nitrogens is 4. The van der Waals surface area contributed by atoms with Gasteiger partial charge in [0.1, 0.15) is 11.6 Å². The van der Waals surface area contributed by atoms with E-state index in [0.29, 0.717) is 5.69 Å². The van der Waals surface area contributed by atoms with Crippen molar-refractivity contribution in [1.82, 2.24) is 24.7 Å². The highest BCUT2D eigenvalue weighted by atomic mass is 32.2. The number of sulfonamides is 1. The number of rotatable bonds is 8. The topological polar surface area (TPSA) is 124 Å². The predicted molar refractivity (Wildman–Crippen MR) is 143 cm³/mol. The molecule has 0 atom stereocenters. The molecule has 0 radical (unpaired) electrons. The van der Waals surface area contributed by atoms with E-state index in [9.17, 15) is 13.2 Å². The highest BCUT2D eigenvalue weighted by molar-refractivity contribution is 7.90. The van der Waals surface area contributed by atoms with Gasteiger partial charge in [0.25, 0.3) is 15.9 Å². The summed E-state index contributed by atoms with van der Waals surface area (Å²) < 4.78 is 32.6. The van der Waals surface area contributed by atoms with Crippen LogP contribution in [0.15, 0.2) is 96.2 Å². The molecule has 11 heteroatoms. The van der Waals surface area contributed by atoms with Crippen molar-refractivity contribution in [2.75, 3.05) is 0 Å². The molecule has 5 rings (SSSR count). The Hall–Kier alpha value is -4.48. The summed E-state index contributed by atoms with van der Waals surface area (Å²) in [5.41, 5.74) is 3.29. The normalized spacial score (nSPS) is 11.2. The molecule has 9 nitrogen and oxygen atoms in total. The minimum Gasteiger partial charge on any atom is -0.456 e. The van der Waals surface area contributed by atoms with E-state index in [1.54, 1.807) is 60.9 Å². The standard InChI is InChI=1S/C27H21N5O4S2/c1-18-25(37-24(30-18)17-36-27-28-15-6-16-29-27)23-10-5-9-22(31-23)19-11-13-20(14-12-19)26(33)32-38(34,35)21-7-3-2-4-8-21/h2-16H,17H2,1H3,(H,32,33). The molecule has 0 saturated carbocycles. The van der Waals surface area contributed by atoms with E-state index in [1.807, 2.05) is 25.1 Å². The van der Waals surface area contributed by atoms with Crippen LogP contribution in [0.5, 0.6) is 6.01 Å². The van der Waals surface area contributed by atoms with Crippen LogP contribution >= 0.6 is 11.3 Å². The average Bonchev–Trinajstić information content (AvgIpc) is 3.33. The van der Waals surface area contributed by atoms with Crippen LogP contribution in [-0.2, 0) is 16.6 Å². The van der Waals surface area contributed by atoms with E-state index < -0.39 is 15.9 Å². The molecule has 190 valence electrons. The van der Waals surface area contributed by atoms with Crippen molar-refractivity contribution in [3.63, 3.8) is 0 Å². The van der Waals surface area contributed by atoms with Gasteiger partial charge in [0, 0.05) is 23.5 Å². The Bertz CT molecular complexity index is 1670. The SMILES string of the molecule is Cc1nc(COc2ncccn2)sc1-c1cccc(-c2ccc(C(=O)NS(=O)(=O)c3ccccc3)cc2)n1. The maximum atomic E-state index is 12.6. The molecule has 5 aromatic rings. The zero-order valence-corrected chi connectivity index (χ0v) is 21.7. The summed E-state index contributed by atoms with van der Waals surface area (Å²) >= 11 is 1.48. The number of nitrogens with zero attached hydrogens (tertiary/aromatic N) is 4. The zero-order valence-electron chi connectivity index (χ0n) is 20.1. The van der Waals surface area contributed by atoms with E-state index in [-0.39, 0.29) is 23.1 Å². The third-order valence-corrected chi connectivity index (χ3v) is 7.91. The molecule has 0 aliphatic heterocycles. The number of pyridine rings is 1. The van der Waals surface area contributed by atoms with E-state index in [4.69, 9.17) is 9.72 Å². The average molecular weight is 544 g/mol. The fourth-order valence-electron chi connectivity index (χ4n) is 3.59. The second-order valence-corrected chi connectivity index (χ2v) is 10.8. The van der Waals surface area contributed by atoms with E-state index in [1.165, 1.54) is 23.5 Å². The molecule has 2 aromatic carbocycles. The molecule has 0 spiro atoms. The van der Waals surface area contributed by atoms with Crippen molar-refractivity contribution in [2.45, 2.75) is 18.4 Å². The van der Waals surface area contributed by atoms with Crippen LogP contribution < -0.4 is 9.46 Å². The van der Waals surface area contributed by atoms with Gasteiger partial charge in [-0.1, -0.05) is 36.4 Å². The second kappa shape index (κ2) is 10.9.